The second kappa shape index (κ2) is 8.55. The average Bonchev–Trinajstić information content (AvgIpc) is 3.23. The first-order valence-electron chi connectivity index (χ1n) is 8.86. The highest BCUT2D eigenvalue weighted by Crippen LogP contribution is 2.36. The first-order chi connectivity index (χ1) is 14.0. The number of fused-ring (bicyclic) bond motifs is 1. The molecule has 2 aliphatic rings. The molecule has 0 N–H and O–H groups in total. The normalized spacial score (nSPS) is 19.1. The number of hydrogen-bond donors (Lipinski definition) is 0. The SMILES string of the molecule is O=C(OCc1cc2c(cc1Br)OCCO2)C1CSCN1S(=O)(=O)c1ccccc1. The van der Waals surface area contributed by atoms with Crippen LogP contribution in [0, 0.1) is 0 Å². The number of benzene rings is 2. The van der Waals surface area contributed by atoms with Gasteiger partial charge in [-0.2, -0.15) is 4.31 Å². The molecule has 0 saturated carbocycles. The average molecular weight is 500 g/mol. The molecule has 1 fully saturated rings. The number of halogens is 1. The molecule has 0 bridgehead atoms. The minimum atomic E-state index is -3.77. The van der Waals surface area contributed by atoms with Crippen molar-refractivity contribution in [1.82, 2.24) is 4.31 Å². The van der Waals surface area contributed by atoms with Gasteiger partial charge in [-0.05, 0) is 24.3 Å². The Kier molecular flexibility index (Phi) is 6.05. The van der Waals surface area contributed by atoms with Crippen LogP contribution in [0.4, 0.5) is 0 Å². The number of hydrogen-bond acceptors (Lipinski definition) is 7. The van der Waals surface area contributed by atoms with Crippen LogP contribution in [0.25, 0.3) is 0 Å². The van der Waals surface area contributed by atoms with Crippen molar-refractivity contribution in [1.29, 1.82) is 0 Å². The number of rotatable bonds is 5. The van der Waals surface area contributed by atoms with E-state index in [2.05, 4.69) is 15.9 Å². The molecule has 154 valence electrons. The molecule has 2 aliphatic heterocycles. The molecule has 29 heavy (non-hydrogen) atoms. The second-order valence-electron chi connectivity index (χ2n) is 6.42. The van der Waals surface area contributed by atoms with Gasteiger partial charge in [-0.3, -0.25) is 4.79 Å². The third-order valence-corrected chi connectivity index (χ3v) is 8.33. The van der Waals surface area contributed by atoms with Crippen LogP contribution in [0.5, 0.6) is 11.5 Å². The van der Waals surface area contributed by atoms with Crippen LogP contribution in [0.3, 0.4) is 0 Å². The van der Waals surface area contributed by atoms with Crippen molar-refractivity contribution in [3.05, 3.63) is 52.5 Å². The molecule has 0 radical (unpaired) electrons. The van der Waals surface area contributed by atoms with Gasteiger partial charge in [-0.25, -0.2) is 8.42 Å². The van der Waals surface area contributed by atoms with Crippen LogP contribution < -0.4 is 9.47 Å². The maximum Gasteiger partial charge on any atom is 0.325 e. The highest BCUT2D eigenvalue weighted by Gasteiger charge is 2.41. The monoisotopic (exact) mass is 499 g/mol. The summed E-state index contributed by atoms with van der Waals surface area (Å²) in [5, 5.41) is 0. The Labute approximate surface area is 181 Å². The van der Waals surface area contributed by atoms with Crippen molar-refractivity contribution in [3.8, 4) is 11.5 Å². The van der Waals surface area contributed by atoms with Gasteiger partial charge in [0.25, 0.3) is 0 Å². The van der Waals surface area contributed by atoms with Gasteiger partial charge in [0.05, 0.1) is 10.8 Å². The number of carbonyl (C=O) groups is 1. The van der Waals surface area contributed by atoms with Gasteiger partial charge in [0.2, 0.25) is 10.0 Å². The van der Waals surface area contributed by atoms with Crippen LogP contribution >= 0.6 is 27.7 Å². The lowest BCUT2D eigenvalue weighted by Crippen LogP contribution is -2.42. The first kappa shape index (κ1) is 20.5. The van der Waals surface area contributed by atoms with E-state index in [9.17, 15) is 13.2 Å². The summed E-state index contributed by atoms with van der Waals surface area (Å²) in [6.07, 6.45) is 0. The summed E-state index contributed by atoms with van der Waals surface area (Å²) >= 11 is 4.83. The zero-order chi connectivity index (χ0) is 20.4. The summed E-state index contributed by atoms with van der Waals surface area (Å²) in [7, 11) is -3.77. The van der Waals surface area contributed by atoms with Crippen molar-refractivity contribution >= 4 is 43.7 Å². The molecule has 0 spiro atoms. The van der Waals surface area contributed by atoms with Crippen molar-refractivity contribution in [3.63, 3.8) is 0 Å². The Bertz CT molecular complexity index is 1010. The quantitative estimate of drug-likeness (QED) is 0.584. The van der Waals surface area contributed by atoms with Crippen molar-refractivity contribution in [2.75, 3.05) is 24.8 Å². The van der Waals surface area contributed by atoms with Gasteiger partial charge in [0, 0.05) is 15.8 Å². The molecule has 2 aromatic carbocycles. The van der Waals surface area contributed by atoms with E-state index in [4.69, 9.17) is 14.2 Å². The van der Waals surface area contributed by atoms with E-state index in [1.807, 2.05) is 0 Å². The minimum Gasteiger partial charge on any atom is -0.486 e. The smallest absolute Gasteiger partial charge is 0.325 e. The van der Waals surface area contributed by atoms with E-state index in [0.29, 0.717) is 36.0 Å². The largest absolute Gasteiger partial charge is 0.486 e. The second-order valence-corrected chi connectivity index (χ2v) is 10.2. The summed E-state index contributed by atoms with van der Waals surface area (Å²) < 4.78 is 44.3. The number of esters is 1. The van der Waals surface area contributed by atoms with Crippen LogP contribution in [0.1, 0.15) is 5.56 Å². The fraction of sp³-hybridized carbons (Fsp3) is 0.316. The highest BCUT2D eigenvalue weighted by molar-refractivity contribution is 9.10. The third kappa shape index (κ3) is 4.25. The standard InChI is InChI=1S/C19H18BrNO6S2/c20-15-9-18-17(25-6-7-26-18)8-13(15)10-27-19(22)16-11-28-12-21(16)29(23,24)14-4-2-1-3-5-14/h1-5,8-9,16H,6-7,10-12H2. The third-order valence-electron chi connectivity index (χ3n) is 4.54. The van der Waals surface area contributed by atoms with E-state index >= 15 is 0 Å². The number of sulfonamides is 1. The predicted molar refractivity (Wildman–Crippen MR) is 112 cm³/mol. The van der Waals surface area contributed by atoms with E-state index in [0.717, 1.165) is 4.47 Å². The van der Waals surface area contributed by atoms with Crippen molar-refractivity contribution < 1.29 is 27.4 Å². The molecule has 2 heterocycles. The Hall–Kier alpha value is -1.75. The van der Waals surface area contributed by atoms with Gasteiger partial charge >= 0.3 is 5.97 Å². The lowest BCUT2D eigenvalue weighted by molar-refractivity contribution is -0.148. The number of nitrogens with zero attached hydrogens (tertiary/aromatic N) is 1. The predicted octanol–water partition coefficient (Wildman–Crippen LogP) is 3.03. The summed E-state index contributed by atoms with van der Waals surface area (Å²) in [5.41, 5.74) is 0.714. The molecular formula is C19H18BrNO6S2. The Morgan fingerprint density at radius 1 is 1.17 bits per heavy atom. The topological polar surface area (TPSA) is 82.1 Å². The molecule has 1 unspecified atom stereocenters. The maximum atomic E-state index is 12.9. The van der Waals surface area contributed by atoms with Crippen molar-refractivity contribution in [2.24, 2.45) is 0 Å². The molecule has 0 aromatic heterocycles. The molecule has 0 amide bonds. The fourth-order valence-electron chi connectivity index (χ4n) is 3.04. The van der Waals surface area contributed by atoms with E-state index in [-0.39, 0.29) is 17.4 Å². The summed E-state index contributed by atoms with van der Waals surface area (Å²) in [5.74, 6) is 1.22. The van der Waals surface area contributed by atoms with Gasteiger partial charge in [0.1, 0.15) is 25.9 Å². The van der Waals surface area contributed by atoms with E-state index < -0.39 is 22.0 Å². The summed E-state index contributed by atoms with van der Waals surface area (Å²) in [6.45, 7) is 0.939. The van der Waals surface area contributed by atoms with Crippen LogP contribution in [0.15, 0.2) is 51.8 Å². The zero-order valence-electron chi connectivity index (χ0n) is 15.2. The fourth-order valence-corrected chi connectivity index (χ4v) is 6.62. The first-order valence-corrected chi connectivity index (χ1v) is 12.2. The lowest BCUT2D eigenvalue weighted by Gasteiger charge is -2.22. The molecule has 1 saturated heterocycles. The number of thioether (sulfide) groups is 1. The van der Waals surface area contributed by atoms with E-state index in [1.165, 1.54) is 28.2 Å². The highest BCUT2D eigenvalue weighted by atomic mass is 79.9. The van der Waals surface area contributed by atoms with Crippen LogP contribution in [-0.2, 0) is 26.2 Å². The molecule has 0 aliphatic carbocycles. The molecule has 2 aromatic rings. The molecule has 4 rings (SSSR count). The van der Waals surface area contributed by atoms with Crippen LogP contribution in [0.2, 0.25) is 0 Å². The lowest BCUT2D eigenvalue weighted by atomic mass is 10.2. The molecular weight excluding hydrogens is 482 g/mol. The molecule has 10 heteroatoms. The van der Waals surface area contributed by atoms with Gasteiger partial charge in [-0.15, -0.1) is 11.8 Å². The van der Waals surface area contributed by atoms with E-state index in [1.54, 1.807) is 30.3 Å². The molecule has 1 atom stereocenters. The van der Waals surface area contributed by atoms with Crippen LogP contribution in [-0.4, -0.2) is 49.6 Å². The van der Waals surface area contributed by atoms with Gasteiger partial charge in [-0.1, -0.05) is 34.1 Å². The number of carbonyl (C=O) groups excluding carboxylic acids is 1. The summed E-state index contributed by atoms with van der Waals surface area (Å²) in [6, 6.07) is 10.8. The minimum absolute atomic E-state index is 0.00352. The Morgan fingerprint density at radius 3 is 2.59 bits per heavy atom. The zero-order valence-corrected chi connectivity index (χ0v) is 18.5. The van der Waals surface area contributed by atoms with Crippen molar-refractivity contribution in [2.45, 2.75) is 17.5 Å². The van der Waals surface area contributed by atoms with Gasteiger partial charge in [0.15, 0.2) is 11.5 Å². The Morgan fingerprint density at radius 2 is 1.86 bits per heavy atom. The Balaban J connectivity index is 1.47. The molecule has 7 nitrogen and oxygen atoms in total. The van der Waals surface area contributed by atoms with Gasteiger partial charge < -0.3 is 14.2 Å². The summed E-state index contributed by atoms with van der Waals surface area (Å²) in [4.78, 5) is 12.9. The maximum absolute atomic E-state index is 12.9. The number of ether oxygens (including phenoxy) is 3.